The molecule has 2 aliphatic rings. The Balaban J connectivity index is 1.82. The first-order valence-corrected chi connectivity index (χ1v) is 7.36. The molecule has 3 rings (SSSR count). The Kier molecular flexibility index (Phi) is 3.45. The predicted molar refractivity (Wildman–Crippen MR) is 77.5 cm³/mol. The molecule has 3 N–H and O–H groups in total. The van der Waals surface area contributed by atoms with Crippen molar-refractivity contribution in [2.24, 2.45) is 5.73 Å². The molecule has 0 radical (unpaired) electrons. The van der Waals surface area contributed by atoms with Crippen LogP contribution in [0.2, 0.25) is 0 Å². The van der Waals surface area contributed by atoms with Crippen LogP contribution in [0.15, 0.2) is 24.3 Å². The molecule has 1 amide bonds. The standard InChI is InChI=1S/C16H20N2O3/c17-16(6-3-7-16)9-14(19)18-10-12-5-2-1-4-11(12)8-13(18)15(20)21/h1-2,4-5,13H,3,6-10,17H2,(H,20,21)/t13-/m0/s1. The molecule has 1 aliphatic carbocycles. The molecule has 1 heterocycles. The van der Waals surface area contributed by atoms with Crippen LogP contribution in [0.5, 0.6) is 0 Å². The van der Waals surface area contributed by atoms with Gasteiger partial charge in [0, 0.05) is 24.9 Å². The van der Waals surface area contributed by atoms with Crippen molar-refractivity contribution in [1.82, 2.24) is 4.90 Å². The number of carbonyl (C=O) groups is 2. The van der Waals surface area contributed by atoms with Crippen molar-refractivity contribution < 1.29 is 14.7 Å². The third-order valence-corrected chi connectivity index (χ3v) is 4.71. The average molecular weight is 288 g/mol. The van der Waals surface area contributed by atoms with Gasteiger partial charge in [0.25, 0.3) is 0 Å². The number of aliphatic carboxylic acids is 1. The van der Waals surface area contributed by atoms with Gasteiger partial charge in [0.15, 0.2) is 0 Å². The van der Waals surface area contributed by atoms with Gasteiger partial charge in [-0.15, -0.1) is 0 Å². The summed E-state index contributed by atoms with van der Waals surface area (Å²) in [4.78, 5) is 25.5. The van der Waals surface area contributed by atoms with Crippen LogP contribution < -0.4 is 5.73 Å². The molecule has 1 saturated carbocycles. The van der Waals surface area contributed by atoms with Crippen molar-refractivity contribution in [2.45, 2.75) is 50.2 Å². The normalized spacial score (nSPS) is 23.1. The molecule has 0 unspecified atom stereocenters. The maximum Gasteiger partial charge on any atom is 0.326 e. The molecule has 5 nitrogen and oxygen atoms in total. The molecule has 1 atom stereocenters. The maximum absolute atomic E-state index is 12.5. The van der Waals surface area contributed by atoms with E-state index in [1.54, 1.807) is 0 Å². The zero-order chi connectivity index (χ0) is 15.0. The van der Waals surface area contributed by atoms with Gasteiger partial charge in [0.2, 0.25) is 5.91 Å². The zero-order valence-electron chi connectivity index (χ0n) is 11.9. The second-order valence-corrected chi connectivity index (χ2v) is 6.24. The van der Waals surface area contributed by atoms with Gasteiger partial charge < -0.3 is 15.7 Å². The lowest BCUT2D eigenvalue weighted by molar-refractivity contribution is -0.152. The number of amides is 1. The van der Waals surface area contributed by atoms with Crippen LogP contribution in [0.1, 0.15) is 36.8 Å². The van der Waals surface area contributed by atoms with E-state index in [1.807, 2.05) is 24.3 Å². The van der Waals surface area contributed by atoms with E-state index in [9.17, 15) is 14.7 Å². The summed E-state index contributed by atoms with van der Waals surface area (Å²) >= 11 is 0. The molecule has 112 valence electrons. The Morgan fingerprint density at radius 3 is 2.52 bits per heavy atom. The van der Waals surface area contributed by atoms with Crippen molar-refractivity contribution in [2.75, 3.05) is 0 Å². The largest absolute Gasteiger partial charge is 0.480 e. The Bertz CT molecular complexity index is 581. The maximum atomic E-state index is 12.5. The van der Waals surface area contributed by atoms with Crippen LogP contribution >= 0.6 is 0 Å². The number of hydrogen-bond donors (Lipinski definition) is 2. The molecule has 5 heteroatoms. The van der Waals surface area contributed by atoms with E-state index in [1.165, 1.54) is 4.90 Å². The van der Waals surface area contributed by atoms with E-state index < -0.39 is 17.6 Å². The summed E-state index contributed by atoms with van der Waals surface area (Å²) in [5, 5.41) is 9.43. The van der Waals surface area contributed by atoms with Crippen molar-refractivity contribution >= 4 is 11.9 Å². The average Bonchev–Trinajstić information content (AvgIpc) is 2.44. The Hall–Kier alpha value is -1.88. The molecule has 1 aliphatic heterocycles. The van der Waals surface area contributed by atoms with Crippen molar-refractivity contribution in [1.29, 1.82) is 0 Å². The summed E-state index contributed by atoms with van der Waals surface area (Å²) in [6.45, 7) is 0.363. The fourth-order valence-electron chi connectivity index (χ4n) is 3.22. The minimum Gasteiger partial charge on any atom is -0.480 e. The first kappa shape index (κ1) is 14.1. The van der Waals surface area contributed by atoms with Crippen LogP contribution in [-0.4, -0.2) is 33.5 Å². The molecule has 1 fully saturated rings. The lowest BCUT2D eigenvalue weighted by Gasteiger charge is -2.41. The SMILES string of the molecule is NC1(CC(=O)N2Cc3ccccc3C[C@H]2C(=O)O)CCC1. The Morgan fingerprint density at radius 1 is 1.29 bits per heavy atom. The molecule has 0 bridgehead atoms. The monoisotopic (exact) mass is 288 g/mol. The lowest BCUT2D eigenvalue weighted by Crippen LogP contribution is -2.54. The summed E-state index contributed by atoms with van der Waals surface area (Å²) in [5.74, 6) is -1.09. The summed E-state index contributed by atoms with van der Waals surface area (Å²) < 4.78 is 0. The van der Waals surface area contributed by atoms with Gasteiger partial charge in [-0.3, -0.25) is 4.79 Å². The van der Waals surface area contributed by atoms with Gasteiger partial charge in [-0.25, -0.2) is 4.79 Å². The van der Waals surface area contributed by atoms with Gasteiger partial charge in [-0.1, -0.05) is 24.3 Å². The first-order valence-electron chi connectivity index (χ1n) is 7.36. The molecular formula is C16H20N2O3. The molecule has 1 aromatic carbocycles. The zero-order valence-corrected chi connectivity index (χ0v) is 11.9. The van der Waals surface area contributed by atoms with E-state index in [2.05, 4.69) is 0 Å². The summed E-state index contributed by atoms with van der Waals surface area (Å²) in [6, 6.07) is 6.92. The molecule has 21 heavy (non-hydrogen) atoms. The quantitative estimate of drug-likeness (QED) is 0.878. The highest BCUT2D eigenvalue weighted by Crippen LogP contribution is 2.34. The smallest absolute Gasteiger partial charge is 0.326 e. The summed E-state index contributed by atoms with van der Waals surface area (Å²) in [5.41, 5.74) is 7.76. The highest BCUT2D eigenvalue weighted by Gasteiger charge is 2.40. The number of nitrogens with zero attached hydrogens (tertiary/aromatic N) is 1. The second-order valence-electron chi connectivity index (χ2n) is 6.24. The first-order chi connectivity index (χ1) is 9.98. The summed E-state index contributed by atoms with van der Waals surface area (Å²) in [6.07, 6.45) is 3.37. The van der Waals surface area contributed by atoms with Crippen molar-refractivity contribution in [3.05, 3.63) is 35.4 Å². The molecule has 0 spiro atoms. The van der Waals surface area contributed by atoms with Crippen LogP contribution in [-0.2, 0) is 22.6 Å². The molecular weight excluding hydrogens is 268 g/mol. The number of benzene rings is 1. The van der Waals surface area contributed by atoms with Gasteiger partial charge in [-0.2, -0.15) is 0 Å². The third-order valence-electron chi connectivity index (χ3n) is 4.71. The fourth-order valence-corrected chi connectivity index (χ4v) is 3.22. The van der Waals surface area contributed by atoms with Crippen LogP contribution in [0, 0.1) is 0 Å². The number of carbonyl (C=O) groups excluding carboxylic acids is 1. The Labute approximate surface area is 123 Å². The van der Waals surface area contributed by atoms with Crippen molar-refractivity contribution in [3.8, 4) is 0 Å². The summed E-state index contributed by atoms with van der Waals surface area (Å²) in [7, 11) is 0. The van der Waals surface area contributed by atoms with E-state index in [0.29, 0.717) is 13.0 Å². The van der Waals surface area contributed by atoms with E-state index >= 15 is 0 Å². The molecule has 0 saturated heterocycles. The van der Waals surface area contributed by atoms with Gasteiger partial charge in [0.05, 0.1) is 0 Å². The number of rotatable bonds is 3. The lowest BCUT2D eigenvalue weighted by atomic mass is 9.75. The third kappa shape index (κ3) is 2.65. The predicted octanol–water partition coefficient (Wildman–Crippen LogP) is 1.30. The van der Waals surface area contributed by atoms with Gasteiger partial charge in [-0.05, 0) is 30.4 Å². The number of hydrogen-bond acceptors (Lipinski definition) is 3. The van der Waals surface area contributed by atoms with Crippen LogP contribution in [0.25, 0.3) is 0 Å². The van der Waals surface area contributed by atoms with E-state index in [-0.39, 0.29) is 12.3 Å². The van der Waals surface area contributed by atoms with E-state index in [0.717, 1.165) is 30.4 Å². The van der Waals surface area contributed by atoms with Crippen LogP contribution in [0.3, 0.4) is 0 Å². The highest BCUT2D eigenvalue weighted by atomic mass is 16.4. The Morgan fingerprint density at radius 2 is 1.95 bits per heavy atom. The van der Waals surface area contributed by atoms with Crippen molar-refractivity contribution in [3.63, 3.8) is 0 Å². The second kappa shape index (κ2) is 5.15. The minimum absolute atomic E-state index is 0.140. The van der Waals surface area contributed by atoms with Gasteiger partial charge in [0.1, 0.15) is 6.04 Å². The number of carboxylic acids is 1. The molecule has 1 aromatic rings. The number of carboxylic acid groups (broad SMARTS) is 1. The molecule has 0 aromatic heterocycles. The van der Waals surface area contributed by atoms with Crippen LogP contribution in [0.4, 0.5) is 0 Å². The van der Waals surface area contributed by atoms with Gasteiger partial charge >= 0.3 is 5.97 Å². The van der Waals surface area contributed by atoms with E-state index in [4.69, 9.17) is 5.73 Å². The fraction of sp³-hybridized carbons (Fsp3) is 0.500. The highest BCUT2D eigenvalue weighted by molar-refractivity contribution is 5.85. The number of nitrogens with two attached hydrogens (primary N) is 1. The minimum atomic E-state index is -0.947. The topological polar surface area (TPSA) is 83.6 Å². The number of fused-ring (bicyclic) bond motifs is 1.